The van der Waals surface area contributed by atoms with Crippen molar-refractivity contribution in [2.45, 2.75) is 0 Å². The van der Waals surface area contributed by atoms with Gasteiger partial charge in [-0.1, -0.05) is 0 Å². The number of hydrogen-bond acceptors (Lipinski definition) is 4. The molecule has 0 aliphatic heterocycles. The van der Waals surface area contributed by atoms with E-state index in [2.05, 4.69) is 4.74 Å². The van der Waals surface area contributed by atoms with Crippen molar-refractivity contribution in [3.05, 3.63) is 47.7 Å². The molecule has 0 amide bonds. The highest BCUT2D eigenvalue weighted by molar-refractivity contribution is 5.87. The first-order valence-corrected chi connectivity index (χ1v) is 4.93. The van der Waals surface area contributed by atoms with Crippen molar-refractivity contribution in [1.82, 2.24) is 0 Å². The number of rotatable bonds is 2. The lowest BCUT2D eigenvalue weighted by molar-refractivity contribution is 0.0566. The van der Waals surface area contributed by atoms with E-state index in [9.17, 15) is 4.79 Å². The van der Waals surface area contributed by atoms with Crippen LogP contribution >= 0.6 is 0 Å². The van der Waals surface area contributed by atoms with Crippen molar-refractivity contribution in [3.8, 4) is 17.4 Å². The number of nitrogens with zero attached hydrogens (tertiary/aromatic N) is 1. The minimum atomic E-state index is -0.509. The molecular weight excluding hydrogens is 218 g/mol. The molecule has 0 fully saturated rings. The standard InChI is InChI=1S/C13H9NO3/c1-16-13(15)12-7-6-11(17-12)10-4-2-9(8-14)3-5-10/h2-7H,1H3. The van der Waals surface area contributed by atoms with Crippen molar-refractivity contribution in [3.63, 3.8) is 0 Å². The zero-order chi connectivity index (χ0) is 12.3. The molecule has 0 atom stereocenters. The first kappa shape index (κ1) is 11.0. The third-order valence-corrected chi connectivity index (χ3v) is 2.29. The van der Waals surface area contributed by atoms with Gasteiger partial charge in [0, 0.05) is 5.56 Å². The van der Waals surface area contributed by atoms with E-state index in [0.717, 1.165) is 5.56 Å². The van der Waals surface area contributed by atoms with Gasteiger partial charge in [-0.3, -0.25) is 0 Å². The molecule has 4 nitrogen and oxygen atoms in total. The van der Waals surface area contributed by atoms with E-state index in [1.807, 2.05) is 6.07 Å². The molecular formula is C13H9NO3. The van der Waals surface area contributed by atoms with Gasteiger partial charge in [0.15, 0.2) is 0 Å². The summed E-state index contributed by atoms with van der Waals surface area (Å²) in [4.78, 5) is 11.2. The Morgan fingerprint density at radius 3 is 2.53 bits per heavy atom. The Bertz CT molecular complexity index is 575. The quantitative estimate of drug-likeness (QED) is 0.740. The van der Waals surface area contributed by atoms with Crippen LogP contribution in [0.15, 0.2) is 40.8 Å². The molecule has 0 spiro atoms. The largest absolute Gasteiger partial charge is 0.463 e. The Labute approximate surface area is 98.0 Å². The summed E-state index contributed by atoms with van der Waals surface area (Å²) in [6, 6.07) is 12.2. The van der Waals surface area contributed by atoms with Crippen LogP contribution in [0, 0.1) is 11.3 Å². The van der Waals surface area contributed by atoms with Crippen molar-refractivity contribution >= 4 is 5.97 Å². The second-order valence-corrected chi connectivity index (χ2v) is 3.34. The van der Waals surface area contributed by atoms with E-state index in [-0.39, 0.29) is 5.76 Å². The highest BCUT2D eigenvalue weighted by Gasteiger charge is 2.11. The SMILES string of the molecule is COC(=O)c1ccc(-c2ccc(C#N)cc2)o1. The summed E-state index contributed by atoms with van der Waals surface area (Å²) in [6.07, 6.45) is 0. The topological polar surface area (TPSA) is 63.2 Å². The second kappa shape index (κ2) is 4.54. The van der Waals surface area contributed by atoms with E-state index in [0.29, 0.717) is 11.3 Å². The third-order valence-electron chi connectivity index (χ3n) is 2.29. The van der Waals surface area contributed by atoms with E-state index >= 15 is 0 Å². The summed E-state index contributed by atoms with van der Waals surface area (Å²) in [5.41, 5.74) is 1.38. The molecule has 0 unspecified atom stereocenters. The van der Waals surface area contributed by atoms with Crippen LogP contribution in [0.3, 0.4) is 0 Å². The first-order chi connectivity index (χ1) is 8.24. The van der Waals surface area contributed by atoms with Gasteiger partial charge in [-0.15, -0.1) is 0 Å². The maximum Gasteiger partial charge on any atom is 0.373 e. The summed E-state index contributed by atoms with van der Waals surface area (Å²) in [6.45, 7) is 0. The molecule has 0 bridgehead atoms. The maximum absolute atomic E-state index is 11.2. The van der Waals surface area contributed by atoms with Gasteiger partial charge in [0.1, 0.15) is 5.76 Å². The van der Waals surface area contributed by atoms with Gasteiger partial charge in [0.05, 0.1) is 18.7 Å². The molecule has 1 heterocycles. The second-order valence-electron chi connectivity index (χ2n) is 3.34. The van der Waals surface area contributed by atoms with Crippen molar-refractivity contribution in [1.29, 1.82) is 5.26 Å². The van der Waals surface area contributed by atoms with E-state index in [1.54, 1.807) is 36.4 Å². The zero-order valence-electron chi connectivity index (χ0n) is 9.14. The lowest BCUT2D eigenvalue weighted by atomic mass is 10.1. The number of nitriles is 1. The van der Waals surface area contributed by atoms with Crippen LogP contribution in [0.4, 0.5) is 0 Å². The number of methoxy groups -OCH3 is 1. The normalized spacial score (nSPS) is 9.65. The Kier molecular flexibility index (Phi) is 2.93. The summed E-state index contributed by atoms with van der Waals surface area (Å²) in [7, 11) is 1.30. The monoisotopic (exact) mass is 227 g/mol. The molecule has 0 aliphatic rings. The summed E-state index contributed by atoms with van der Waals surface area (Å²) >= 11 is 0. The van der Waals surface area contributed by atoms with Gasteiger partial charge in [-0.2, -0.15) is 5.26 Å². The van der Waals surface area contributed by atoms with Gasteiger partial charge in [-0.25, -0.2) is 4.79 Å². The third kappa shape index (κ3) is 2.18. The van der Waals surface area contributed by atoms with Crippen LogP contribution in [0.1, 0.15) is 16.1 Å². The van der Waals surface area contributed by atoms with E-state index < -0.39 is 5.97 Å². The zero-order valence-corrected chi connectivity index (χ0v) is 9.14. The molecule has 84 valence electrons. The molecule has 4 heteroatoms. The van der Waals surface area contributed by atoms with Gasteiger partial charge in [-0.05, 0) is 36.4 Å². The molecule has 0 saturated heterocycles. The molecule has 0 radical (unpaired) electrons. The lowest BCUT2D eigenvalue weighted by Gasteiger charge is -1.97. The Hall–Kier alpha value is -2.54. The number of furan rings is 1. The van der Waals surface area contributed by atoms with Crippen LogP contribution < -0.4 is 0 Å². The van der Waals surface area contributed by atoms with E-state index in [1.165, 1.54) is 7.11 Å². The molecule has 1 aromatic carbocycles. The minimum Gasteiger partial charge on any atom is -0.463 e. The van der Waals surface area contributed by atoms with Gasteiger partial charge >= 0.3 is 5.97 Å². The highest BCUT2D eigenvalue weighted by atomic mass is 16.5. The lowest BCUT2D eigenvalue weighted by Crippen LogP contribution is -1.98. The van der Waals surface area contributed by atoms with Crippen LogP contribution in [0.5, 0.6) is 0 Å². The first-order valence-electron chi connectivity index (χ1n) is 4.93. The number of ether oxygens (including phenoxy) is 1. The number of carbonyl (C=O) groups is 1. The Morgan fingerprint density at radius 1 is 1.24 bits per heavy atom. The average molecular weight is 227 g/mol. The van der Waals surface area contributed by atoms with Crippen molar-refractivity contribution in [2.75, 3.05) is 7.11 Å². The molecule has 2 rings (SSSR count). The average Bonchev–Trinajstić information content (AvgIpc) is 2.87. The molecule has 1 aromatic heterocycles. The van der Waals surface area contributed by atoms with Crippen LogP contribution in [0.2, 0.25) is 0 Å². The number of hydrogen-bond donors (Lipinski definition) is 0. The molecule has 0 N–H and O–H groups in total. The van der Waals surface area contributed by atoms with Crippen LogP contribution in [0.25, 0.3) is 11.3 Å². The van der Waals surface area contributed by atoms with Gasteiger partial charge in [0.2, 0.25) is 5.76 Å². The summed E-state index contributed by atoms with van der Waals surface area (Å²) < 4.78 is 9.88. The molecule has 0 aliphatic carbocycles. The fourth-order valence-electron chi connectivity index (χ4n) is 1.41. The summed E-state index contributed by atoms with van der Waals surface area (Å²) in [5, 5.41) is 8.67. The molecule has 2 aromatic rings. The number of esters is 1. The fourth-order valence-corrected chi connectivity index (χ4v) is 1.41. The minimum absolute atomic E-state index is 0.159. The van der Waals surface area contributed by atoms with Crippen LogP contribution in [-0.2, 0) is 4.74 Å². The van der Waals surface area contributed by atoms with Gasteiger partial charge in [0.25, 0.3) is 0 Å². The van der Waals surface area contributed by atoms with Gasteiger partial charge < -0.3 is 9.15 Å². The molecule has 0 saturated carbocycles. The van der Waals surface area contributed by atoms with Crippen LogP contribution in [-0.4, -0.2) is 13.1 Å². The predicted molar refractivity (Wildman–Crippen MR) is 60.2 cm³/mol. The Balaban J connectivity index is 2.31. The highest BCUT2D eigenvalue weighted by Crippen LogP contribution is 2.22. The summed E-state index contributed by atoms with van der Waals surface area (Å²) in [5.74, 6) is 0.214. The van der Waals surface area contributed by atoms with E-state index in [4.69, 9.17) is 9.68 Å². The number of benzene rings is 1. The number of carbonyl (C=O) groups excluding carboxylic acids is 1. The smallest absolute Gasteiger partial charge is 0.373 e. The predicted octanol–water partition coefficient (Wildman–Crippen LogP) is 2.60. The molecule has 17 heavy (non-hydrogen) atoms. The fraction of sp³-hybridized carbons (Fsp3) is 0.0769. The maximum atomic E-state index is 11.2. The van der Waals surface area contributed by atoms with Crippen molar-refractivity contribution in [2.24, 2.45) is 0 Å². The Morgan fingerprint density at radius 2 is 1.94 bits per heavy atom. The van der Waals surface area contributed by atoms with Crippen molar-refractivity contribution < 1.29 is 13.9 Å².